The number of methoxy groups -OCH3 is 1. The number of hydrogen-bond donors (Lipinski definition) is 1. The number of aryl methyl sites for hydroxylation is 1. The monoisotopic (exact) mass is 430 g/mol. The van der Waals surface area contributed by atoms with Gasteiger partial charge in [-0.2, -0.15) is 0 Å². The van der Waals surface area contributed by atoms with Gasteiger partial charge in [-0.25, -0.2) is 4.98 Å². The van der Waals surface area contributed by atoms with Crippen molar-refractivity contribution in [3.8, 4) is 5.88 Å². The van der Waals surface area contributed by atoms with Crippen LogP contribution in [0.1, 0.15) is 50.5 Å². The third kappa shape index (κ3) is 4.49. The van der Waals surface area contributed by atoms with E-state index in [0.29, 0.717) is 24.5 Å². The average Bonchev–Trinajstić information content (AvgIpc) is 2.82. The van der Waals surface area contributed by atoms with Gasteiger partial charge in [-0.1, -0.05) is 36.4 Å². The summed E-state index contributed by atoms with van der Waals surface area (Å²) in [5.41, 5.74) is 5.64. The zero-order valence-electron chi connectivity index (χ0n) is 18.2. The van der Waals surface area contributed by atoms with Crippen LogP contribution in [-0.2, 0) is 17.8 Å². The lowest BCUT2D eigenvalue weighted by molar-refractivity contribution is -0.137. The second-order valence-corrected chi connectivity index (χ2v) is 8.10. The number of pyridine rings is 1. The molecule has 0 fully saturated rings. The molecule has 0 aliphatic carbocycles. The van der Waals surface area contributed by atoms with E-state index in [1.165, 1.54) is 5.56 Å². The molecule has 0 radical (unpaired) electrons. The van der Waals surface area contributed by atoms with Crippen molar-refractivity contribution in [2.45, 2.75) is 32.2 Å². The molecule has 0 unspecified atom stereocenters. The number of aliphatic carboxylic acids is 1. The van der Waals surface area contributed by atoms with Crippen LogP contribution < -0.4 is 4.74 Å². The SMILES string of the molecule is COc1cc(C)c([C@@H](CC(=O)O)c2ccc3c(c2)CN(C(=O)c2ccccc2)CC3)cn1. The van der Waals surface area contributed by atoms with Crippen LogP contribution in [-0.4, -0.2) is 40.5 Å². The number of carboxylic acid groups (broad SMARTS) is 1. The zero-order chi connectivity index (χ0) is 22.7. The van der Waals surface area contributed by atoms with Gasteiger partial charge in [0.05, 0.1) is 13.5 Å². The van der Waals surface area contributed by atoms with Gasteiger partial charge in [0.15, 0.2) is 0 Å². The van der Waals surface area contributed by atoms with Crippen molar-refractivity contribution in [1.82, 2.24) is 9.88 Å². The minimum Gasteiger partial charge on any atom is -0.481 e. The number of carbonyl (C=O) groups is 2. The normalized spacial score (nSPS) is 13.9. The third-order valence-electron chi connectivity index (χ3n) is 6.04. The highest BCUT2D eigenvalue weighted by Gasteiger charge is 2.25. The first-order valence-electron chi connectivity index (χ1n) is 10.6. The van der Waals surface area contributed by atoms with E-state index in [2.05, 4.69) is 17.1 Å². The van der Waals surface area contributed by atoms with Crippen molar-refractivity contribution in [1.29, 1.82) is 0 Å². The molecule has 1 atom stereocenters. The number of carboxylic acids is 1. The van der Waals surface area contributed by atoms with Crippen LogP contribution >= 0.6 is 0 Å². The molecule has 2 heterocycles. The Labute approximate surface area is 187 Å². The van der Waals surface area contributed by atoms with E-state index >= 15 is 0 Å². The third-order valence-corrected chi connectivity index (χ3v) is 6.04. The number of hydrogen-bond acceptors (Lipinski definition) is 4. The molecular formula is C26H26N2O4. The molecule has 6 nitrogen and oxygen atoms in total. The van der Waals surface area contributed by atoms with E-state index in [-0.39, 0.29) is 18.2 Å². The lowest BCUT2D eigenvalue weighted by atomic mass is 9.84. The molecule has 4 rings (SSSR count). The Morgan fingerprint density at radius 3 is 2.59 bits per heavy atom. The highest BCUT2D eigenvalue weighted by Crippen LogP contribution is 2.33. The molecule has 1 aliphatic rings. The molecule has 0 bridgehead atoms. The predicted molar refractivity (Wildman–Crippen MR) is 121 cm³/mol. The number of carbonyl (C=O) groups excluding carboxylic acids is 1. The second-order valence-electron chi connectivity index (χ2n) is 8.10. The molecule has 6 heteroatoms. The van der Waals surface area contributed by atoms with Gasteiger partial charge in [-0.3, -0.25) is 9.59 Å². The molecule has 164 valence electrons. The van der Waals surface area contributed by atoms with E-state index < -0.39 is 5.97 Å². The Morgan fingerprint density at radius 2 is 1.91 bits per heavy atom. The maximum absolute atomic E-state index is 12.9. The average molecular weight is 431 g/mol. The summed E-state index contributed by atoms with van der Waals surface area (Å²) in [7, 11) is 1.56. The molecule has 1 amide bonds. The Kier molecular flexibility index (Phi) is 6.21. The van der Waals surface area contributed by atoms with Crippen LogP contribution in [0.25, 0.3) is 0 Å². The number of ether oxygens (including phenoxy) is 1. The molecule has 3 aromatic rings. The summed E-state index contributed by atoms with van der Waals surface area (Å²) in [4.78, 5) is 30.8. The fraction of sp³-hybridized carbons (Fsp3) is 0.269. The van der Waals surface area contributed by atoms with Crippen molar-refractivity contribution in [3.05, 3.63) is 94.2 Å². The summed E-state index contributed by atoms with van der Waals surface area (Å²) in [6.07, 6.45) is 2.44. The maximum Gasteiger partial charge on any atom is 0.304 e. The van der Waals surface area contributed by atoms with Gasteiger partial charge in [0.2, 0.25) is 5.88 Å². The molecule has 0 spiro atoms. The first kappa shape index (κ1) is 21.6. The summed E-state index contributed by atoms with van der Waals surface area (Å²) in [5.74, 6) is -0.694. The summed E-state index contributed by atoms with van der Waals surface area (Å²) in [6, 6.07) is 17.2. The van der Waals surface area contributed by atoms with E-state index in [1.54, 1.807) is 13.3 Å². The van der Waals surface area contributed by atoms with Crippen LogP contribution in [0.4, 0.5) is 0 Å². The minimum atomic E-state index is -0.871. The first-order valence-corrected chi connectivity index (χ1v) is 10.6. The molecule has 0 saturated carbocycles. The van der Waals surface area contributed by atoms with Crippen molar-refractivity contribution in [2.24, 2.45) is 0 Å². The molecule has 32 heavy (non-hydrogen) atoms. The molecule has 1 N–H and O–H groups in total. The number of fused-ring (bicyclic) bond motifs is 1. The van der Waals surface area contributed by atoms with Gasteiger partial charge < -0.3 is 14.7 Å². The van der Waals surface area contributed by atoms with E-state index in [4.69, 9.17) is 4.74 Å². The van der Waals surface area contributed by atoms with Gasteiger partial charge >= 0.3 is 5.97 Å². The number of nitrogens with zero attached hydrogens (tertiary/aromatic N) is 2. The summed E-state index contributed by atoms with van der Waals surface area (Å²) in [6.45, 7) is 3.11. The van der Waals surface area contributed by atoms with Gasteiger partial charge in [0.1, 0.15) is 0 Å². The summed E-state index contributed by atoms with van der Waals surface area (Å²) >= 11 is 0. The number of amides is 1. The molecule has 1 aliphatic heterocycles. The van der Waals surface area contributed by atoms with Crippen LogP contribution in [0, 0.1) is 6.92 Å². The predicted octanol–water partition coefficient (Wildman–Crippen LogP) is 4.20. The Hall–Kier alpha value is -3.67. The van der Waals surface area contributed by atoms with Crippen LogP contribution in [0.15, 0.2) is 60.8 Å². The fourth-order valence-electron chi connectivity index (χ4n) is 4.33. The highest BCUT2D eigenvalue weighted by molar-refractivity contribution is 5.94. The largest absolute Gasteiger partial charge is 0.481 e. The molecule has 2 aromatic carbocycles. The van der Waals surface area contributed by atoms with Crippen LogP contribution in [0.2, 0.25) is 0 Å². The second kappa shape index (κ2) is 9.22. The van der Waals surface area contributed by atoms with E-state index in [0.717, 1.165) is 28.7 Å². The topological polar surface area (TPSA) is 79.7 Å². The Bertz CT molecular complexity index is 1140. The van der Waals surface area contributed by atoms with Crippen molar-refractivity contribution >= 4 is 11.9 Å². The highest BCUT2D eigenvalue weighted by atomic mass is 16.5. The van der Waals surface area contributed by atoms with Crippen LogP contribution in [0.3, 0.4) is 0 Å². The van der Waals surface area contributed by atoms with Crippen molar-refractivity contribution < 1.29 is 19.4 Å². The van der Waals surface area contributed by atoms with Gasteiger partial charge in [-0.05, 0) is 53.3 Å². The zero-order valence-corrected chi connectivity index (χ0v) is 18.2. The fourth-order valence-corrected chi connectivity index (χ4v) is 4.33. The lowest BCUT2D eigenvalue weighted by Crippen LogP contribution is -2.36. The van der Waals surface area contributed by atoms with Gasteiger partial charge in [0.25, 0.3) is 5.91 Å². The molecule has 0 saturated heterocycles. The molecular weight excluding hydrogens is 404 g/mol. The summed E-state index contributed by atoms with van der Waals surface area (Å²) < 4.78 is 5.20. The van der Waals surface area contributed by atoms with E-state index in [1.807, 2.05) is 54.3 Å². The minimum absolute atomic E-state index is 0.0129. The van der Waals surface area contributed by atoms with Crippen molar-refractivity contribution in [3.63, 3.8) is 0 Å². The smallest absolute Gasteiger partial charge is 0.304 e. The van der Waals surface area contributed by atoms with Crippen LogP contribution in [0.5, 0.6) is 5.88 Å². The quantitative estimate of drug-likeness (QED) is 0.634. The summed E-state index contributed by atoms with van der Waals surface area (Å²) in [5, 5.41) is 9.58. The maximum atomic E-state index is 12.9. The van der Waals surface area contributed by atoms with Gasteiger partial charge in [-0.15, -0.1) is 0 Å². The number of benzene rings is 2. The Balaban J connectivity index is 1.65. The number of rotatable bonds is 6. The van der Waals surface area contributed by atoms with Crippen molar-refractivity contribution in [2.75, 3.05) is 13.7 Å². The van der Waals surface area contributed by atoms with E-state index in [9.17, 15) is 14.7 Å². The number of aromatic nitrogens is 1. The van der Waals surface area contributed by atoms with Gasteiger partial charge in [0, 0.05) is 36.8 Å². The lowest BCUT2D eigenvalue weighted by Gasteiger charge is -2.30. The first-order chi connectivity index (χ1) is 15.5. The Morgan fingerprint density at radius 1 is 1.12 bits per heavy atom. The molecule has 1 aromatic heterocycles. The standard InChI is InChI=1S/C26H26N2O4/c1-17-12-24(32-2)27-15-23(17)22(14-25(29)30)20-9-8-18-10-11-28(16-21(18)13-20)26(31)19-6-4-3-5-7-19/h3-9,12-13,15,22H,10-11,14,16H2,1-2H3,(H,29,30)/t22-/m0/s1.